The zero-order valence-corrected chi connectivity index (χ0v) is 11.5. The molecule has 17 heavy (non-hydrogen) atoms. The highest BCUT2D eigenvalue weighted by Crippen LogP contribution is 2.12. The van der Waals surface area contributed by atoms with E-state index in [4.69, 9.17) is 0 Å². The first-order chi connectivity index (χ1) is 8.17. The van der Waals surface area contributed by atoms with Crippen molar-refractivity contribution in [1.29, 1.82) is 0 Å². The largest absolute Gasteiger partial charge is 0.370 e. The number of anilines is 1. The fourth-order valence-corrected chi connectivity index (χ4v) is 1.93. The minimum Gasteiger partial charge on any atom is -0.370 e. The predicted molar refractivity (Wildman–Crippen MR) is 74.2 cm³/mol. The van der Waals surface area contributed by atoms with E-state index in [2.05, 4.69) is 55.2 Å². The Morgan fingerprint density at radius 3 is 2.82 bits per heavy atom. The number of hydrogen-bond donors (Lipinski definition) is 1. The van der Waals surface area contributed by atoms with Gasteiger partial charge in [0.2, 0.25) is 0 Å². The van der Waals surface area contributed by atoms with Crippen molar-refractivity contribution in [2.75, 3.05) is 18.9 Å². The average Bonchev–Trinajstić information content (AvgIpc) is 2.30. The molecular formula is C14H25N3. The van der Waals surface area contributed by atoms with Crippen molar-refractivity contribution in [3.05, 3.63) is 23.9 Å². The van der Waals surface area contributed by atoms with Crippen LogP contribution in [0.2, 0.25) is 0 Å². The van der Waals surface area contributed by atoms with Crippen molar-refractivity contribution in [2.24, 2.45) is 0 Å². The van der Waals surface area contributed by atoms with Crippen LogP contribution < -0.4 is 5.32 Å². The molecule has 0 aliphatic rings. The van der Waals surface area contributed by atoms with Crippen LogP contribution in [0, 0.1) is 0 Å². The summed E-state index contributed by atoms with van der Waals surface area (Å²) in [5.74, 6) is 0.974. The summed E-state index contributed by atoms with van der Waals surface area (Å²) in [6.45, 7) is 8.51. The van der Waals surface area contributed by atoms with Gasteiger partial charge in [-0.2, -0.15) is 0 Å². The van der Waals surface area contributed by atoms with Crippen LogP contribution >= 0.6 is 0 Å². The van der Waals surface area contributed by atoms with Crippen LogP contribution in [0.1, 0.15) is 39.2 Å². The van der Waals surface area contributed by atoms with Gasteiger partial charge < -0.3 is 5.32 Å². The van der Waals surface area contributed by atoms with Gasteiger partial charge in [-0.15, -0.1) is 0 Å². The normalized spacial score (nSPS) is 12.8. The second-order valence-corrected chi connectivity index (χ2v) is 4.63. The first-order valence-corrected chi connectivity index (χ1v) is 6.56. The third-order valence-electron chi connectivity index (χ3n) is 3.07. The van der Waals surface area contributed by atoms with Gasteiger partial charge in [-0.25, -0.2) is 4.98 Å². The molecule has 0 saturated carbocycles. The molecule has 96 valence electrons. The predicted octanol–water partition coefficient (Wildman–Crippen LogP) is 3.13. The number of nitrogens with one attached hydrogen (secondary N) is 1. The number of aromatic nitrogens is 1. The Labute approximate surface area is 105 Å². The van der Waals surface area contributed by atoms with Crippen LogP contribution in [0.4, 0.5) is 5.82 Å². The molecule has 0 amide bonds. The third kappa shape index (κ3) is 4.73. The Balaban J connectivity index is 2.58. The van der Waals surface area contributed by atoms with E-state index in [0.717, 1.165) is 18.9 Å². The van der Waals surface area contributed by atoms with Gasteiger partial charge in [-0.1, -0.05) is 13.3 Å². The molecule has 0 aromatic carbocycles. The minimum atomic E-state index is 0.635. The highest BCUT2D eigenvalue weighted by Gasteiger charge is 2.08. The zero-order valence-electron chi connectivity index (χ0n) is 11.5. The topological polar surface area (TPSA) is 28.2 Å². The van der Waals surface area contributed by atoms with E-state index in [9.17, 15) is 0 Å². The highest BCUT2D eigenvalue weighted by atomic mass is 15.1. The summed E-state index contributed by atoms with van der Waals surface area (Å²) in [5, 5.41) is 3.25. The van der Waals surface area contributed by atoms with Gasteiger partial charge in [-0.05, 0) is 45.0 Å². The lowest BCUT2D eigenvalue weighted by Gasteiger charge is -2.24. The molecule has 0 radical (unpaired) electrons. The first-order valence-electron chi connectivity index (χ1n) is 6.56. The van der Waals surface area contributed by atoms with Crippen molar-refractivity contribution in [1.82, 2.24) is 9.88 Å². The van der Waals surface area contributed by atoms with Gasteiger partial charge in [-0.3, -0.25) is 4.90 Å². The van der Waals surface area contributed by atoms with E-state index in [0.29, 0.717) is 6.04 Å². The molecule has 1 aromatic rings. The van der Waals surface area contributed by atoms with Gasteiger partial charge in [0, 0.05) is 25.3 Å². The summed E-state index contributed by atoms with van der Waals surface area (Å²) in [6.07, 6.45) is 4.37. The molecule has 3 nitrogen and oxygen atoms in total. The zero-order chi connectivity index (χ0) is 12.7. The molecule has 1 heterocycles. The standard InChI is InChI=1S/C14H25N3/c1-5-7-12(3)17(4)11-13-8-9-16-14(10-13)15-6-2/h8-10,12H,5-7,11H2,1-4H3,(H,15,16). The molecule has 1 atom stereocenters. The van der Waals surface area contributed by atoms with Gasteiger partial charge in [0.25, 0.3) is 0 Å². The van der Waals surface area contributed by atoms with E-state index in [1.165, 1.54) is 18.4 Å². The number of rotatable bonds is 7. The first kappa shape index (κ1) is 14.0. The quantitative estimate of drug-likeness (QED) is 0.787. The third-order valence-corrected chi connectivity index (χ3v) is 3.07. The molecular weight excluding hydrogens is 210 g/mol. The van der Waals surface area contributed by atoms with E-state index in [1.54, 1.807) is 0 Å². The monoisotopic (exact) mass is 235 g/mol. The second-order valence-electron chi connectivity index (χ2n) is 4.63. The Bertz CT molecular complexity index is 325. The maximum Gasteiger partial charge on any atom is 0.126 e. The smallest absolute Gasteiger partial charge is 0.126 e. The molecule has 0 saturated heterocycles. The van der Waals surface area contributed by atoms with Crippen molar-refractivity contribution >= 4 is 5.82 Å². The minimum absolute atomic E-state index is 0.635. The lowest BCUT2D eigenvalue weighted by molar-refractivity contribution is 0.237. The molecule has 0 aliphatic carbocycles. The molecule has 1 aromatic heterocycles. The van der Waals surface area contributed by atoms with Crippen LogP contribution in [0.25, 0.3) is 0 Å². The molecule has 0 aliphatic heterocycles. The lowest BCUT2D eigenvalue weighted by Crippen LogP contribution is -2.28. The maximum absolute atomic E-state index is 4.29. The fourth-order valence-electron chi connectivity index (χ4n) is 1.93. The summed E-state index contributed by atoms with van der Waals surface area (Å²) in [7, 11) is 2.19. The molecule has 1 unspecified atom stereocenters. The maximum atomic E-state index is 4.29. The molecule has 1 N–H and O–H groups in total. The molecule has 0 fully saturated rings. The van der Waals surface area contributed by atoms with Gasteiger partial charge in [0.05, 0.1) is 0 Å². The van der Waals surface area contributed by atoms with Crippen LogP contribution in [0.15, 0.2) is 18.3 Å². The summed E-state index contributed by atoms with van der Waals surface area (Å²) < 4.78 is 0. The Hall–Kier alpha value is -1.09. The Morgan fingerprint density at radius 2 is 2.18 bits per heavy atom. The van der Waals surface area contributed by atoms with Crippen LogP contribution in [-0.2, 0) is 6.54 Å². The molecule has 1 rings (SSSR count). The number of pyridine rings is 1. The van der Waals surface area contributed by atoms with Crippen molar-refractivity contribution < 1.29 is 0 Å². The molecule has 3 heteroatoms. The van der Waals surface area contributed by atoms with Crippen molar-refractivity contribution in [3.8, 4) is 0 Å². The van der Waals surface area contributed by atoms with Gasteiger partial charge in [0.15, 0.2) is 0 Å². The molecule has 0 bridgehead atoms. The van der Waals surface area contributed by atoms with Crippen LogP contribution in [-0.4, -0.2) is 29.5 Å². The lowest BCUT2D eigenvalue weighted by atomic mass is 10.1. The van der Waals surface area contributed by atoms with E-state index >= 15 is 0 Å². The van der Waals surface area contributed by atoms with E-state index in [-0.39, 0.29) is 0 Å². The van der Waals surface area contributed by atoms with Crippen molar-refractivity contribution in [3.63, 3.8) is 0 Å². The summed E-state index contributed by atoms with van der Waals surface area (Å²) >= 11 is 0. The van der Waals surface area contributed by atoms with Gasteiger partial charge >= 0.3 is 0 Å². The SMILES string of the molecule is CCCC(C)N(C)Cc1ccnc(NCC)c1. The summed E-state index contributed by atoms with van der Waals surface area (Å²) in [5.41, 5.74) is 1.32. The summed E-state index contributed by atoms with van der Waals surface area (Å²) in [6, 6.07) is 4.87. The van der Waals surface area contributed by atoms with E-state index < -0.39 is 0 Å². The number of nitrogens with zero attached hydrogens (tertiary/aromatic N) is 2. The summed E-state index contributed by atoms with van der Waals surface area (Å²) in [4.78, 5) is 6.69. The van der Waals surface area contributed by atoms with Gasteiger partial charge in [0.1, 0.15) is 5.82 Å². The highest BCUT2D eigenvalue weighted by molar-refractivity contribution is 5.37. The fraction of sp³-hybridized carbons (Fsp3) is 0.643. The van der Waals surface area contributed by atoms with Crippen LogP contribution in [0.5, 0.6) is 0 Å². The van der Waals surface area contributed by atoms with Crippen molar-refractivity contribution in [2.45, 2.75) is 46.2 Å². The van der Waals surface area contributed by atoms with Crippen LogP contribution in [0.3, 0.4) is 0 Å². The number of hydrogen-bond acceptors (Lipinski definition) is 3. The average molecular weight is 235 g/mol. The Morgan fingerprint density at radius 1 is 1.41 bits per heavy atom. The van der Waals surface area contributed by atoms with E-state index in [1.807, 2.05) is 6.20 Å². The molecule has 0 spiro atoms. The Kier molecular flexibility index (Phi) is 5.98. The second kappa shape index (κ2) is 7.28.